The molecule has 12 nitrogen and oxygen atoms in total. The zero-order valence-electron chi connectivity index (χ0n) is 18.2. The van der Waals surface area contributed by atoms with Crippen LogP contribution in [0.15, 0.2) is 24.4 Å². The fraction of sp³-hybridized carbons (Fsp3) is 0.286. The van der Waals surface area contributed by atoms with Gasteiger partial charge in [-0.05, 0) is 36.6 Å². The van der Waals surface area contributed by atoms with E-state index in [1.165, 1.54) is 12.1 Å². The summed E-state index contributed by atoms with van der Waals surface area (Å²) < 4.78 is 14.8. The molecule has 0 unspecified atom stereocenters. The maximum absolute atomic E-state index is 14.8. The number of rotatable bonds is 10. The fourth-order valence-electron chi connectivity index (χ4n) is 3.48. The van der Waals surface area contributed by atoms with E-state index in [0.717, 1.165) is 11.6 Å². The third-order valence-corrected chi connectivity index (χ3v) is 5.25. The SMILES string of the molecule is CN(CCc1c[nH]c2nc(N)nc(N)c12)c1ccc(C(=O)N[C@@H](CCC(=O)O)C(=O)O)cc1F. The molecule has 8 N–H and O–H groups in total. The summed E-state index contributed by atoms with van der Waals surface area (Å²) in [5, 5.41) is 20.8. The number of nitrogen functional groups attached to an aromatic ring is 2. The smallest absolute Gasteiger partial charge is 0.326 e. The molecule has 0 saturated heterocycles. The standard InChI is InChI=1S/C21H24FN7O5/c1-29(7-6-11-9-25-18-16(11)17(23)27-21(24)28-18)14-4-2-10(8-12(14)22)19(32)26-13(20(33)34)3-5-15(30)31/h2,4,8-9,13H,3,5-7H2,1H3,(H,26,32)(H,30,31)(H,33,34)(H5,23,24,25,27,28)/t13-/m0/s1. The van der Waals surface area contributed by atoms with Gasteiger partial charge in [0.15, 0.2) is 0 Å². The number of benzene rings is 1. The van der Waals surface area contributed by atoms with Crippen LogP contribution in [0.3, 0.4) is 0 Å². The van der Waals surface area contributed by atoms with Crippen LogP contribution in [0, 0.1) is 5.82 Å². The van der Waals surface area contributed by atoms with Gasteiger partial charge in [0.05, 0.1) is 11.1 Å². The number of aromatic nitrogens is 3. The molecule has 180 valence electrons. The molecule has 2 heterocycles. The summed E-state index contributed by atoms with van der Waals surface area (Å²) in [6.45, 7) is 0.398. The van der Waals surface area contributed by atoms with Crippen molar-refractivity contribution in [1.29, 1.82) is 0 Å². The van der Waals surface area contributed by atoms with Crippen molar-refractivity contribution < 1.29 is 29.0 Å². The van der Waals surface area contributed by atoms with Crippen LogP contribution in [0.1, 0.15) is 28.8 Å². The summed E-state index contributed by atoms with van der Waals surface area (Å²) in [7, 11) is 1.68. The second kappa shape index (κ2) is 10.0. The summed E-state index contributed by atoms with van der Waals surface area (Å²) in [6, 6.07) is 2.36. The summed E-state index contributed by atoms with van der Waals surface area (Å²) in [5.41, 5.74) is 13.0. The zero-order chi connectivity index (χ0) is 25.0. The first-order valence-electron chi connectivity index (χ1n) is 10.2. The molecule has 0 aliphatic carbocycles. The van der Waals surface area contributed by atoms with E-state index in [1.54, 1.807) is 18.1 Å². The third-order valence-electron chi connectivity index (χ3n) is 5.25. The van der Waals surface area contributed by atoms with Crippen LogP contribution < -0.4 is 21.7 Å². The molecule has 3 rings (SSSR count). The molecule has 0 radical (unpaired) electrons. The number of fused-ring (bicyclic) bond motifs is 1. The summed E-state index contributed by atoms with van der Waals surface area (Å²) in [4.78, 5) is 47.0. The van der Waals surface area contributed by atoms with Crippen molar-refractivity contribution in [3.63, 3.8) is 0 Å². The molecule has 1 aromatic carbocycles. The molecule has 3 aromatic rings. The predicted molar refractivity (Wildman–Crippen MR) is 122 cm³/mol. The molecule has 0 aliphatic heterocycles. The molecule has 13 heteroatoms. The average molecular weight is 473 g/mol. The van der Waals surface area contributed by atoms with Gasteiger partial charge in [-0.3, -0.25) is 9.59 Å². The van der Waals surface area contributed by atoms with Gasteiger partial charge in [0.1, 0.15) is 23.3 Å². The lowest BCUT2D eigenvalue weighted by Crippen LogP contribution is -2.41. The number of nitrogens with two attached hydrogens (primary N) is 2. The Bertz CT molecular complexity index is 1250. The highest BCUT2D eigenvalue weighted by Gasteiger charge is 2.22. The maximum atomic E-state index is 14.8. The van der Waals surface area contributed by atoms with Crippen molar-refractivity contribution in [2.24, 2.45) is 0 Å². The second-order valence-electron chi connectivity index (χ2n) is 7.64. The summed E-state index contributed by atoms with van der Waals surface area (Å²) in [6.07, 6.45) is 1.49. The van der Waals surface area contributed by atoms with Gasteiger partial charge in [-0.15, -0.1) is 0 Å². The van der Waals surface area contributed by atoms with E-state index in [-0.39, 0.29) is 29.4 Å². The second-order valence-corrected chi connectivity index (χ2v) is 7.64. The van der Waals surface area contributed by atoms with Crippen LogP contribution in [-0.4, -0.2) is 62.6 Å². The molecule has 0 fully saturated rings. The van der Waals surface area contributed by atoms with E-state index < -0.39 is 36.1 Å². The first-order chi connectivity index (χ1) is 16.1. The topological polar surface area (TPSA) is 201 Å². The number of carboxylic acid groups (broad SMARTS) is 2. The normalized spacial score (nSPS) is 11.8. The first-order valence-corrected chi connectivity index (χ1v) is 10.2. The monoisotopic (exact) mass is 473 g/mol. The van der Waals surface area contributed by atoms with Crippen LogP contribution in [0.25, 0.3) is 11.0 Å². The minimum atomic E-state index is -1.41. The Labute approximate surface area is 192 Å². The minimum absolute atomic E-state index is 0.0540. The zero-order valence-corrected chi connectivity index (χ0v) is 18.2. The number of halogens is 1. The van der Waals surface area contributed by atoms with Crippen molar-refractivity contribution in [1.82, 2.24) is 20.3 Å². The molecule has 0 aliphatic rings. The van der Waals surface area contributed by atoms with E-state index in [2.05, 4.69) is 20.3 Å². The van der Waals surface area contributed by atoms with Gasteiger partial charge in [0.25, 0.3) is 5.91 Å². The Hall–Kier alpha value is -4.42. The number of amides is 1. The van der Waals surface area contributed by atoms with Crippen LogP contribution in [0.5, 0.6) is 0 Å². The number of anilines is 3. The largest absolute Gasteiger partial charge is 0.481 e. The highest BCUT2D eigenvalue weighted by molar-refractivity contribution is 5.97. The quantitative estimate of drug-likeness (QED) is 0.246. The number of H-pyrrole nitrogens is 1. The Morgan fingerprint density at radius 3 is 2.62 bits per heavy atom. The lowest BCUT2D eigenvalue weighted by atomic mass is 10.1. The summed E-state index contributed by atoms with van der Waals surface area (Å²) in [5.74, 6) is -3.77. The van der Waals surface area contributed by atoms with Gasteiger partial charge in [-0.25, -0.2) is 9.18 Å². The average Bonchev–Trinajstić information content (AvgIpc) is 3.17. The number of likely N-dealkylation sites (N-methyl/N-ethyl adjacent to an activating group) is 1. The molecular formula is C21H24FN7O5. The Morgan fingerprint density at radius 2 is 1.97 bits per heavy atom. The number of hydrogen-bond acceptors (Lipinski definition) is 8. The van der Waals surface area contributed by atoms with Crippen molar-refractivity contribution >= 4 is 46.3 Å². The van der Waals surface area contributed by atoms with Gasteiger partial charge in [0, 0.05) is 31.8 Å². The number of carboxylic acids is 2. The molecule has 1 amide bonds. The van der Waals surface area contributed by atoms with Gasteiger partial charge in [0.2, 0.25) is 5.95 Å². The predicted octanol–water partition coefficient (Wildman–Crippen LogP) is 0.988. The van der Waals surface area contributed by atoms with E-state index in [9.17, 15) is 23.9 Å². The fourth-order valence-corrected chi connectivity index (χ4v) is 3.48. The molecule has 1 atom stereocenters. The lowest BCUT2D eigenvalue weighted by Gasteiger charge is -2.20. The minimum Gasteiger partial charge on any atom is -0.481 e. The number of nitrogens with zero attached hydrogens (tertiary/aromatic N) is 3. The number of carbonyl (C=O) groups excluding carboxylic acids is 1. The third kappa shape index (κ3) is 5.49. The van der Waals surface area contributed by atoms with Crippen molar-refractivity contribution in [2.75, 3.05) is 30.0 Å². The van der Waals surface area contributed by atoms with E-state index in [1.807, 2.05) is 0 Å². The van der Waals surface area contributed by atoms with Crippen LogP contribution >= 0.6 is 0 Å². The van der Waals surface area contributed by atoms with Crippen LogP contribution in [0.2, 0.25) is 0 Å². The van der Waals surface area contributed by atoms with Crippen molar-refractivity contribution in [3.05, 3.63) is 41.3 Å². The Balaban J connectivity index is 1.68. The van der Waals surface area contributed by atoms with Gasteiger partial charge < -0.3 is 36.9 Å². The molecule has 0 saturated carbocycles. The summed E-state index contributed by atoms with van der Waals surface area (Å²) >= 11 is 0. The molecule has 0 bridgehead atoms. The number of carbonyl (C=O) groups is 3. The first kappa shape index (κ1) is 24.2. The molecule has 34 heavy (non-hydrogen) atoms. The van der Waals surface area contributed by atoms with Crippen LogP contribution in [0.4, 0.5) is 21.8 Å². The van der Waals surface area contributed by atoms with Crippen LogP contribution in [-0.2, 0) is 16.0 Å². The molecule has 0 spiro atoms. The number of aliphatic carboxylic acids is 2. The Kier molecular flexibility index (Phi) is 7.14. The van der Waals surface area contributed by atoms with E-state index in [0.29, 0.717) is 24.0 Å². The molecular weight excluding hydrogens is 449 g/mol. The highest BCUT2D eigenvalue weighted by atomic mass is 19.1. The number of aromatic amines is 1. The molecule has 2 aromatic heterocycles. The van der Waals surface area contributed by atoms with Crippen molar-refractivity contribution in [3.8, 4) is 0 Å². The number of nitrogens with one attached hydrogen (secondary N) is 2. The van der Waals surface area contributed by atoms with Gasteiger partial charge in [-0.1, -0.05) is 0 Å². The van der Waals surface area contributed by atoms with Gasteiger partial charge >= 0.3 is 11.9 Å². The van der Waals surface area contributed by atoms with Crippen molar-refractivity contribution in [2.45, 2.75) is 25.3 Å². The number of hydrogen-bond donors (Lipinski definition) is 6. The van der Waals surface area contributed by atoms with Gasteiger partial charge in [-0.2, -0.15) is 9.97 Å². The lowest BCUT2D eigenvalue weighted by molar-refractivity contribution is -0.140. The van der Waals surface area contributed by atoms with E-state index >= 15 is 0 Å². The Morgan fingerprint density at radius 1 is 1.24 bits per heavy atom. The van der Waals surface area contributed by atoms with E-state index in [4.69, 9.17) is 16.6 Å². The highest BCUT2D eigenvalue weighted by Crippen LogP contribution is 2.25. The maximum Gasteiger partial charge on any atom is 0.326 e.